The summed E-state index contributed by atoms with van der Waals surface area (Å²) in [6.07, 6.45) is 0.567. The molecule has 88 valence electrons. The highest BCUT2D eigenvalue weighted by Crippen LogP contribution is 2.27. The lowest BCUT2D eigenvalue weighted by atomic mass is 9.96. The Morgan fingerprint density at radius 3 is 2.40 bits per heavy atom. The van der Waals surface area contributed by atoms with E-state index in [9.17, 15) is 4.79 Å². The highest BCUT2D eigenvalue weighted by Gasteiger charge is 2.41. The Bertz CT molecular complexity index is 256. The van der Waals surface area contributed by atoms with E-state index in [2.05, 4.69) is 0 Å². The number of nitrogens with two attached hydrogens (primary N) is 1. The van der Waals surface area contributed by atoms with Gasteiger partial charge in [-0.3, -0.25) is 0 Å². The number of likely N-dealkylation sites (tertiary alicyclic amines) is 1. The maximum atomic E-state index is 11.8. The van der Waals surface area contributed by atoms with Crippen LogP contribution in [0.2, 0.25) is 0 Å². The minimum atomic E-state index is -0.440. The number of nitrogens with zero attached hydrogens (tertiary/aromatic N) is 1. The van der Waals surface area contributed by atoms with Gasteiger partial charge in [-0.25, -0.2) is 4.79 Å². The molecule has 0 aliphatic carbocycles. The quantitative estimate of drug-likeness (QED) is 0.668. The molecule has 0 saturated carbocycles. The van der Waals surface area contributed by atoms with E-state index in [-0.39, 0.29) is 17.7 Å². The Hall–Kier alpha value is -0.770. The molecule has 1 amide bonds. The number of carbonyl (C=O) groups is 1. The first-order valence-electron chi connectivity index (χ1n) is 5.42. The van der Waals surface area contributed by atoms with Crippen molar-refractivity contribution in [1.82, 2.24) is 4.90 Å². The summed E-state index contributed by atoms with van der Waals surface area (Å²) in [6, 6.07) is 0.0346. The molecule has 0 aromatic heterocycles. The monoisotopic (exact) mass is 214 g/mol. The average Bonchev–Trinajstić information content (AvgIpc) is 2.24. The molecule has 1 fully saturated rings. The molecule has 2 N–H and O–H groups in total. The normalized spacial score (nSPS) is 31.9. The number of hydrogen-bond acceptors (Lipinski definition) is 3. The zero-order valence-corrected chi connectivity index (χ0v) is 10.3. The van der Waals surface area contributed by atoms with Crippen molar-refractivity contribution in [1.29, 1.82) is 0 Å². The van der Waals surface area contributed by atoms with Crippen molar-refractivity contribution >= 4 is 6.09 Å². The van der Waals surface area contributed by atoms with Crippen LogP contribution in [0.25, 0.3) is 0 Å². The number of carbonyl (C=O) groups excluding carboxylic acids is 1. The van der Waals surface area contributed by atoms with E-state index in [0.717, 1.165) is 6.42 Å². The minimum absolute atomic E-state index is 0.0346. The Morgan fingerprint density at radius 2 is 2.07 bits per heavy atom. The van der Waals surface area contributed by atoms with E-state index in [1.807, 2.05) is 34.6 Å². The van der Waals surface area contributed by atoms with Crippen molar-refractivity contribution in [2.24, 2.45) is 5.73 Å². The molecular formula is C11H22N2O2. The van der Waals surface area contributed by atoms with Crippen LogP contribution in [0.5, 0.6) is 0 Å². The van der Waals surface area contributed by atoms with E-state index >= 15 is 0 Å². The number of amides is 1. The smallest absolute Gasteiger partial charge is 0.410 e. The fourth-order valence-corrected chi connectivity index (χ4v) is 1.69. The molecule has 0 bridgehead atoms. The number of hydrogen-bond donors (Lipinski definition) is 1. The number of rotatable bonds is 0. The van der Waals surface area contributed by atoms with Crippen molar-refractivity contribution in [3.05, 3.63) is 0 Å². The van der Waals surface area contributed by atoms with Gasteiger partial charge in [0.05, 0.1) is 0 Å². The molecule has 2 unspecified atom stereocenters. The fraction of sp³-hybridized carbons (Fsp3) is 0.909. The van der Waals surface area contributed by atoms with Crippen molar-refractivity contribution in [3.63, 3.8) is 0 Å². The van der Waals surface area contributed by atoms with Crippen molar-refractivity contribution in [2.75, 3.05) is 6.54 Å². The lowest BCUT2D eigenvalue weighted by Gasteiger charge is -2.31. The van der Waals surface area contributed by atoms with Crippen LogP contribution in [0.15, 0.2) is 0 Å². The zero-order chi connectivity index (χ0) is 11.9. The third kappa shape index (κ3) is 2.84. The highest BCUT2D eigenvalue weighted by atomic mass is 16.6. The summed E-state index contributed by atoms with van der Waals surface area (Å²) in [5.74, 6) is 0. The van der Waals surface area contributed by atoms with Gasteiger partial charge in [0, 0.05) is 18.1 Å². The van der Waals surface area contributed by atoms with Crippen LogP contribution in [-0.2, 0) is 4.74 Å². The predicted molar refractivity (Wildman–Crippen MR) is 59.6 cm³/mol. The zero-order valence-electron chi connectivity index (χ0n) is 10.3. The molecule has 1 saturated heterocycles. The average molecular weight is 214 g/mol. The lowest BCUT2D eigenvalue weighted by Crippen LogP contribution is -2.49. The second kappa shape index (κ2) is 3.67. The maximum absolute atomic E-state index is 11.8. The van der Waals surface area contributed by atoms with E-state index in [4.69, 9.17) is 10.5 Å². The van der Waals surface area contributed by atoms with Crippen LogP contribution in [0.4, 0.5) is 4.79 Å². The highest BCUT2D eigenvalue weighted by molar-refractivity contribution is 5.69. The molecular weight excluding hydrogens is 192 g/mol. The van der Waals surface area contributed by atoms with E-state index in [1.165, 1.54) is 0 Å². The Kier molecular flexibility index (Phi) is 3.01. The molecule has 15 heavy (non-hydrogen) atoms. The topological polar surface area (TPSA) is 55.6 Å². The molecule has 4 heteroatoms. The van der Waals surface area contributed by atoms with Crippen LogP contribution in [0.3, 0.4) is 0 Å². The van der Waals surface area contributed by atoms with Crippen molar-refractivity contribution in [2.45, 2.75) is 58.2 Å². The third-order valence-corrected chi connectivity index (χ3v) is 2.94. The SMILES string of the molecule is CC1N(C(=O)OC(C)(C)C)CCC1(C)N. The standard InChI is InChI=1S/C11H22N2O2/c1-8-11(5,12)6-7-13(8)9(14)15-10(2,3)4/h8H,6-7,12H2,1-5H3. The summed E-state index contributed by atoms with van der Waals surface area (Å²) in [5.41, 5.74) is 5.33. The van der Waals surface area contributed by atoms with E-state index in [0.29, 0.717) is 6.54 Å². The summed E-state index contributed by atoms with van der Waals surface area (Å²) >= 11 is 0. The van der Waals surface area contributed by atoms with Crippen LogP contribution in [-0.4, -0.2) is 34.7 Å². The van der Waals surface area contributed by atoms with Crippen LogP contribution in [0.1, 0.15) is 41.0 Å². The molecule has 0 aromatic carbocycles. The predicted octanol–water partition coefficient (Wildman–Crippen LogP) is 1.73. The molecule has 0 radical (unpaired) electrons. The van der Waals surface area contributed by atoms with Gasteiger partial charge in [0.15, 0.2) is 0 Å². The molecule has 1 heterocycles. The summed E-state index contributed by atoms with van der Waals surface area (Å²) in [5, 5.41) is 0. The molecule has 1 rings (SSSR count). The largest absolute Gasteiger partial charge is 0.444 e. The summed E-state index contributed by atoms with van der Waals surface area (Å²) in [4.78, 5) is 13.5. The second-order valence-corrected chi connectivity index (χ2v) is 5.61. The van der Waals surface area contributed by atoms with Crippen LogP contribution in [0, 0.1) is 0 Å². The van der Waals surface area contributed by atoms with Crippen molar-refractivity contribution < 1.29 is 9.53 Å². The van der Waals surface area contributed by atoms with Gasteiger partial charge in [-0.15, -0.1) is 0 Å². The minimum Gasteiger partial charge on any atom is -0.444 e. The first-order chi connectivity index (χ1) is 6.63. The maximum Gasteiger partial charge on any atom is 0.410 e. The van der Waals surface area contributed by atoms with E-state index < -0.39 is 5.60 Å². The van der Waals surface area contributed by atoms with Gasteiger partial charge in [0.2, 0.25) is 0 Å². The molecule has 0 spiro atoms. The molecule has 1 aliphatic rings. The van der Waals surface area contributed by atoms with Crippen LogP contribution >= 0.6 is 0 Å². The molecule has 4 nitrogen and oxygen atoms in total. The molecule has 1 aliphatic heterocycles. The second-order valence-electron chi connectivity index (χ2n) is 5.61. The summed E-state index contributed by atoms with van der Waals surface area (Å²) in [7, 11) is 0. The first kappa shape index (κ1) is 12.3. The Morgan fingerprint density at radius 1 is 1.53 bits per heavy atom. The summed E-state index contributed by atoms with van der Waals surface area (Å²) < 4.78 is 5.32. The van der Waals surface area contributed by atoms with Gasteiger partial charge >= 0.3 is 6.09 Å². The van der Waals surface area contributed by atoms with Gasteiger partial charge in [-0.05, 0) is 41.0 Å². The van der Waals surface area contributed by atoms with Crippen molar-refractivity contribution in [3.8, 4) is 0 Å². The van der Waals surface area contributed by atoms with Gasteiger partial charge < -0.3 is 15.4 Å². The summed E-state index contributed by atoms with van der Waals surface area (Å²) in [6.45, 7) is 10.2. The fourth-order valence-electron chi connectivity index (χ4n) is 1.69. The van der Waals surface area contributed by atoms with Gasteiger partial charge in [0.1, 0.15) is 5.60 Å². The third-order valence-electron chi connectivity index (χ3n) is 2.94. The van der Waals surface area contributed by atoms with Gasteiger partial charge in [-0.1, -0.05) is 0 Å². The Labute approximate surface area is 91.8 Å². The lowest BCUT2D eigenvalue weighted by molar-refractivity contribution is 0.0218. The first-order valence-corrected chi connectivity index (χ1v) is 5.42. The molecule has 2 atom stereocenters. The van der Waals surface area contributed by atoms with Gasteiger partial charge in [0.25, 0.3) is 0 Å². The Balaban J connectivity index is 2.64. The van der Waals surface area contributed by atoms with Gasteiger partial charge in [-0.2, -0.15) is 0 Å². The number of ether oxygens (including phenoxy) is 1. The van der Waals surface area contributed by atoms with E-state index in [1.54, 1.807) is 4.90 Å². The molecule has 0 aromatic rings. The van der Waals surface area contributed by atoms with Crippen LogP contribution < -0.4 is 5.73 Å².